The predicted octanol–water partition coefficient (Wildman–Crippen LogP) is 4.02. The molecule has 0 radical (unpaired) electrons. The Morgan fingerprint density at radius 3 is 2.74 bits per heavy atom. The van der Waals surface area contributed by atoms with Gasteiger partial charge >= 0.3 is 0 Å². The summed E-state index contributed by atoms with van der Waals surface area (Å²) in [5.41, 5.74) is 1.66. The van der Waals surface area contributed by atoms with Crippen molar-refractivity contribution in [2.24, 2.45) is 0 Å². The van der Waals surface area contributed by atoms with E-state index in [2.05, 4.69) is 23.7 Å². The summed E-state index contributed by atoms with van der Waals surface area (Å²) in [4.78, 5) is 3.17. The zero-order valence-electron chi connectivity index (χ0n) is 10.8. The van der Waals surface area contributed by atoms with E-state index in [1.54, 1.807) is 29.5 Å². The first kappa shape index (κ1) is 14.0. The Bertz CT molecular complexity index is 580. The van der Waals surface area contributed by atoms with Crippen molar-refractivity contribution in [1.29, 1.82) is 0 Å². The van der Waals surface area contributed by atoms with Crippen molar-refractivity contribution >= 4 is 34.4 Å². The Labute approximate surface area is 121 Å². The summed E-state index contributed by atoms with van der Waals surface area (Å²) < 4.78 is 13.5. The van der Waals surface area contributed by atoms with Crippen molar-refractivity contribution in [2.45, 2.75) is 13.5 Å². The maximum absolute atomic E-state index is 13.5. The van der Waals surface area contributed by atoms with E-state index in [1.807, 2.05) is 11.9 Å². The number of para-hydroxylation sites is 1. The molecule has 0 aliphatic carbocycles. The second-order valence-corrected chi connectivity index (χ2v) is 5.68. The molecule has 2 aromatic rings. The Kier molecular flexibility index (Phi) is 4.50. The molecule has 0 aliphatic rings. The monoisotopic (exact) mass is 294 g/mol. The van der Waals surface area contributed by atoms with Gasteiger partial charge in [-0.1, -0.05) is 12.1 Å². The Morgan fingerprint density at radius 1 is 1.37 bits per heavy atom. The van der Waals surface area contributed by atoms with Crippen LogP contribution in [0.5, 0.6) is 0 Å². The van der Waals surface area contributed by atoms with E-state index in [-0.39, 0.29) is 5.82 Å². The lowest BCUT2D eigenvalue weighted by Crippen LogP contribution is -2.30. The molecular formula is C14H15FN2S2. The number of aryl methyl sites for hydroxylation is 1. The Balaban J connectivity index is 2.00. The van der Waals surface area contributed by atoms with Crippen LogP contribution in [-0.4, -0.2) is 17.1 Å². The third-order valence-corrected chi connectivity index (χ3v) is 4.23. The largest absolute Gasteiger partial charge is 0.347 e. The summed E-state index contributed by atoms with van der Waals surface area (Å²) in [5, 5.41) is 5.50. The van der Waals surface area contributed by atoms with Crippen molar-refractivity contribution < 1.29 is 4.39 Å². The average Bonchev–Trinajstić information content (AvgIpc) is 2.78. The van der Waals surface area contributed by atoms with Crippen LogP contribution in [0.4, 0.5) is 10.1 Å². The van der Waals surface area contributed by atoms with E-state index in [1.165, 1.54) is 16.5 Å². The van der Waals surface area contributed by atoms with E-state index in [0.29, 0.717) is 10.8 Å². The van der Waals surface area contributed by atoms with Gasteiger partial charge in [0.15, 0.2) is 5.11 Å². The molecule has 0 aliphatic heterocycles. The van der Waals surface area contributed by atoms with Gasteiger partial charge in [0.05, 0.1) is 12.2 Å². The number of hydrogen-bond acceptors (Lipinski definition) is 2. The van der Waals surface area contributed by atoms with Gasteiger partial charge in [0.2, 0.25) is 0 Å². The van der Waals surface area contributed by atoms with Crippen LogP contribution in [0, 0.1) is 12.7 Å². The van der Waals surface area contributed by atoms with Crippen LogP contribution < -0.4 is 5.32 Å². The number of nitrogens with zero attached hydrogens (tertiary/aromatic N) is 1. The summed E-state index contributed by atoms with van der Waals surface area (Å²) in [7, 11) is 1.90. The molecule has 19 heavy (non-hydrogen) atoms. The number of halogens is 1. The lowest BCUT2D eigenvalue weighted by molar-refractivity contribution is 0.512. The Hall–Kier alpha value is -1.46. The molecule has 1 aromatic carbocycles. The maximum Gasteiger partial charge on any atom is 0.173 e. The van der Waals surface area contributed by atoms with Crippen molar-refractivity contribution in [3.63, 3.8) is 0 Å². The SMILES string of the molecule is Cc1ccsc1CN(C)C(=S)Nc1ccccc1F. The number of hydrogen-bond donors (Lipinski definition) is 1. The fourth-order valence-electron chi connectivity index (χ4n) is 1.63. The number of benzene rings is 1. The minimum absolute atomic E-state index is 0.300. The average molecular weight is 294 g/mol. The van der Waals surface area contributed by atoms with E-state index >= 15 is 0 Å². The molecule has 0 saturated heterocycles. The first-order valence-electron chi connectivity index (χ1n) is 5.87. The molecule has 0 atom stereocenters. The van der Waals surface area contributed by atoms with Crippen molar-refractivity contribution in [2.75, 3.05) is 12.4 Å². The second kappa shape index (κ2) is 6.12. The van der Waals surface area contributed by atoms with Gasteiger partial charge < -0.3 is 10.2 Å². The topological polar surface area (TPSA) is 15.3 Å². The maximum atomic E-state index is 13.5. The number of thiophene rings is 1. The van der Waals surface area contributed by atoms with Crippen LogP contribution >= 0.6 is 23.6 Å². The molecular weight excluding hydrogens is 279 g/mol. The summed E-state index contributed by atoms with van der Waals surface area (Å²) in [6, 6.07) is 8.60. The molecule has 1 N–H and O–H groups in total. The van der Waals surface area contributed by atoms with Crippen molar-refractivity contribution in [3.8, 4) is 0 Å². The van der Waals surface area contributed by atoms with Crippen LogP contribution in [0.1, 0.15) is 10.4 Å². The zero-order chi connectivity index (χ0) is 13.8. The van der Waals surface area contributed by atoms with Gasteiger partial charge in [-0.05, 0) is 48.3 Å². The van der Waals surface area contributed by atoms with Gasteiger partial charge in [-0.2, -0.15) is 0 Å². The summed E-state index contributed by atoms with van der Waals surface area (Å²) >= 11 is 6.99. The molecule has 0 amide bonds. The van der Waals surface area contributed by atoms with E-state index in [4.69, 9.17) is 12.2 Å². The molecule has 5 heteroatoms. The van der Waals surface area contributed by atoms with Crippen molar-refractivity contribution in [1.82, 2.24) is 4.90 Å². The summed E-state index contributed by atoms with van der Waals surface area (Å²) in [6.45, 7) is 2.80. The first-order chi connectivity index (χ1) is 9.08. The van der Waals surface area contributed by atoms with Gasteiger partial charge in [0, 0.05) is 11.9 Å². The van der Waals surface area contributed by atoms with E-state index < -0.39 is 0 Å². The molecule has 0 unspecified atom stereocenters. The van der Waals surface area contributed by atoms with Crippen LogP contribution in [0.15, 0.2) is 35.7 Å². The van der Waals surface area contributed by atoms with Gasteiger partial charge in [0.25, 0.3) is 0 Å². The smallest absolute Gasteiger partial charge is 0.173 e. The number of thiocarbonyl (C=S) groups is 1. The molecule has 0 fully saturated rings. The van der Waals surface area contributed by atoms with Crippen LogP contribution in [0.2, 0.25) is 0 Å². The second-order valence-electron chi connectivity index (χ2n) is 4.29. The number of rotatable bonds is 3. The van der Waals surface area contributed by atoms with Crippen LogP contribution in [0.3, 0.4) is 0 Å². The molecule has 1 aromatic heterocycles. The minimum Gasteiger partial charge on any atom is -0.347 e. The minimum atomic E-state index is -0.300. The van der Waals surface area contributed by atoms with Gasteiger partial charge in [-0.15, -0.1) is 11.3 Å². The third-order valence-electron chi connectivity index (χ3n) is 2.81. The van der Waals surface area contributed by atoms with Crippen LogP contribution in [0.25, 0.3) is 0 Å². The predicted molar refractivity (Wildman–Crippen MR) is 83.1 cm³/mol. The van der Waals surface area contributed by atoms with Gasteiger partial charge in [-0.3, -0.25) is 0 Å². The molecule has 2 rings (SSSR count). The molecule has 100 valence electrons. The highest BCUT2D eigenvalue weighted by Gasteiger charge is 2.09. The highest BCUT2D eigenvalue weighted by molar-refractivity contribution is 7.80. The Morgan fingerprint density at radius 2 is 2.11 bits per heavy atom. The molecule has 0 spiro atoms. The van der Waals surface area contributed by atoms with E-state index in [0.717, 1.165) is 6.54 Å². The highest BCUT2D eigenvalue weighted by Crippen LogP contribution is 2.18. The number of anilines is 1. The summed E-state index contributed by atoms with van der Waals surface area (Å²) in [6.07, 6.45) is 0. The first-order valence-corrected chi connectivity index (χ1v) is 7.16. The van der Waals surface area contributed by atoms with E-state index in [9.17, 15) is 4.39 Å². The van der Waals surface area contributed by atoms with Gasteiger partial charge in [-0.25, -0.2) is 4.39 Å². The zero-order valence-corrected chi connectivity index (χ0v) is 12.4. The lowest BCUT2D eigenvalue weighted by Gasteiger charge is -2.21. The quantitative estimate of drug-likeness (QED) is 0.861. The molecule has 0 bridgehead atoms. The molecule has 1 heterocycles. The normalized spacial score (nSPS) is 10.3. The fraction of sp³-hybridized carbons (Fsp3) is 0.214. The molecule has 0 saturated carbocycles. The standard InChI is InChI=1S/C14H15FN2S2/c1-10-7-8-19-13(10)9-17(2)14(18)16-12-6-4-3-5-11(12)15/h3-8H,9H2,1-2H3,(H,16,18). The molecule has 2 nitrogen and oxygen atoms in total. The lowest BCUT2D eigenvalue weighted by atomic mass is 10.3. The summed E-state index contributed by atoms with van der Waals surface area (Å²) in [5.74, 6) is -0.300. The van der Waals surface area contributed by atoms with Gasteiger partial charge in [0.1, 0.15) is 5.82 Å². The van der Waals surface area contributed by atoms with Crippen LogP contribution in [-0.2, 0) is 6.54 Å². The number of nitrogens with one attached hydrogen (secondary N) is 1. The third kappa shape index (κ3) is 3.52. The fourth-order valence-corrected chi connectivity index (χ4v) is 2.76. The highest BCUT2D eigenvalue weighted by atomic mass is 32.1. The van der Waals surface area contributed by atoms with Crippen molar-refractivity contribution in [3.05, 3.63) is 52.0 Å².